The van der Waals surface area contributed by atoms with Crippen molar-refractivity contribution in [3.8, 4) is 0 Å². The van der Waals surface area contributed by atoms with Crippen LogP contribution in [0, 0.1) is 17.0 Å². The van der Waals surface area contributed by atoms with Gasteiger partial charge in [0.15, 0.2) is 0 Å². The number of nitrogens with zero attached hydrogens (tertiary/aromatic N) is 2. The van der Waals surface area contributed by atoms with Crippen molar-refractivity contribution in [1.29, 1.82) is 0 Å². The zero-order valence-electron chi connectivity index (χ0n) is 9.61. The average molecular weight is 255 g/mol. The normalized spacial score (nSPS) is 13.9. The number of pyridine rings is 1. The molecule has 8 nitrogen and oxygen atoms in total. The second-order valence-corrected chi connectivity index (χ2v) is 3.81. The maximum Gasteiger partial charge on any atom is 0.290 e. The van der Waals surface area contributed by atoms with E-state index in [4.69, 9.17) is 5.73 Å². The molecule has 0 saturated heterocycles. The van der Waals surface area contributed by atoms with Crippen LogP contribution >= 0.6 is 0 Å². The second-order valence-electron chi connectivity index (χ2n) is 3.81. The summed E-state index contributed by atoms with van der Waals surface area (Å²) in [5, 5.41) is 29.9. The van der Waals surface area contributed by atoms with E-state index in [1.165, 1.54) is 13.1 Å². The highest BCUT2D eigenvalue weighted by Gasteiger charge is 2.23. The maximum atomic E-state index is 10.7. The number of nitrogens with two attached hydrogens (primary N) is 1. The predicted molar refractivity (Wildman–Crippen MR) is 60.4 cm³/mol. The smallest absolute Gasteiger partial charge is 0.290 e. The third-order valence-electron chi connectivity index (χ3n) is 2.39. The third-order valence-corrected chi connectivity index (χ3v) is 2.39. The number of nitro groups is 1. The van der Waals surface area contributed by atoms with Crippen LogP contribution in [0.3, 0.4) is 0 Å². The number of primary amides is 1. The molecule has 8 heteroatoms. The van der Waals surface area contributed by atoms with Crippen LogP contribution in [0.4, 0.5) is 5.69 Å². The van der Waals surface area contributed by atoms with Gasteiger partial charge in [0, 0.05) is 17.8 Å². The molecule has 0 bridgehead atoms. The van der Waals surface area contributed by atoms with E-state index in [-0.39, 0.29) is 16.9 Å². The van der Waals surface area contributed by atoms with Gasteiger partial charge in [-0.05, 0) is 6.92 Å². The van der Waals surface area contributed by atoms with E-state index in [1.807, 2.05) is 0 Å². The van der Waals surface area contributed by atoms with Crippen LogP contribution in [0.2, 0.25) is 0 Å². The summed E-state index contributed by atoms with van der Waals surface area (Å²) in [4.78, 5) is 24.4. The number of hydrogen-bond donors (Lipinski definition) is 3. The quantitative estimate of drug-likeness (QED) is 0.481. The molecule has 0 aromatic carbocycles. The highest BCUT2D eigenvalue weighted by molar-refractivity contribution is 5.74. The zero-order valence-corrected chi connectivity index (χ0v) is 9.61. The fourth-order valence-corrected chi connectivity index (χ4v) is 1.42. The summed E-state index contributed by atoms with van der Waals surface area (Å²) in [6.45, 7) is 1.45. The molecular formula is C10H13N3O5. The van der Waals surface area contributed by atoms with E-state index in [1.54, 1.807) is 0 Å². The Kier molecular flexibility index (Phi) is 4.29. The third kappa shape index (κ3) is 3.22. The summed E-state index contributed by atoms with van der Waals surface area (Å²) in [5.41, 5.74) is 4.86. The van der Waals surface area contributed by atoms with E-state index in [2.05, 4.69) is 4.98 Å². The summed E-state index contributed by atoms with van der Waals surface area (Å²) in [5.74, 6) is -0.781. The molecule has 1 rings (SSSR count). The first-order valence-electron chi connectivity index (χ1n) is 5.08. The molecule has 98 valence electrons. The number of aryl methyl sites for hydroxylation is 1. The summed E-state index contributed by atoms with van der Waals surface area (Å²) in [6, 6.07) is 1.11. The van der Waals surface area contributed by atoms with Crippen LogP contribution < -0.4 is 5.73 Å². The minimum Gasteiger partial charge on any atom is -0.390 e. The lowest BCUT2D eigenvalue weighted by Gasteiger charge is -2.16. The molecule has 1 amide bonds. The fourth-order valence-electron chi connectivity index (χ4n) is 1.42. The Labute approximate surface area is 102 Å². The van der Waals surface area contributed by atoms with E-state index < -0.39 is 29.5 Å². The van der Waals surface area contributed by atoms with E-state index in [9.17, 15) is 25.1 Å². The van der Waals surface area contributed by atoms with Crippen LogP contribution in [-0.4, -0.2) is 32.1 Å². The number of aromatic nitrogens is 1. The largest absolute Gasteiger partial charge is 0.390 e. The van der Waals surface area contributed by atoms with Crippen molar-refractivity contribution in [2.75, 3.05) is 0 Å². The van der Waals surface area contributed by atoms with Gasteiger partial charge in [-0.3, -0.25) is 19.9 Å². The molecule has 1 aromatic rings. The van der Waals surface area contributed by atoms with Gasteiger partial charge in [-0.1, -0.05) is 0 Å². The topological polar surface area (TPSA) is 140 Å². The Morgan fingerprint density at radius 1 is 1.61 bits per heavy atom. The van der Waals surface area contributed by atoms with Gasteiger partial charge in [-0.2, -0.15) is 0 Å². The number of carbonyl (C=O) groups is 1. The highest BCUT2D eigenvalue weighted by atomic mass is 16.6. The van der Waals surface area contributed by atoms with Crippen LogP contribution in [-0.2, 0) is 4.79 Å². The van der Waals surface area contributed by atoms with Gasteiger partial charge in [0.1, 0.15) is 11.8 Å². The molecule has 0 spiro atoms. The molecule has 18 heavy (non-hydrogen) atoms. The zero-order chi connectivity index (χ0) is 13.9. The van der Waals surface area contributed by atoms with Crippen molar-refractivity contribution in [2.45, 2.75) is 25.6 Å². The van der Waals surface area contributed by atoms with Crippen molar-refractivity contribution < 1.29 is 19.9 Å². The molecule has 0 fully saturated rings. The molecule has 1 aromatic heterocycles. The van der Waals surface area contributed by atoms with Gasteiger partial charge < -0.3 is 15.9 Å². The van der Waals surface area contributed by atoms with Crippen LogP contribution in [0.15, 0.2) is 12.3 Å². The molecule has 2 unspecified atom stereocenters. The number of carbonyl (C=O) groups excluding carboxylic acids is 1. The van der Waals surface area contributed by atoms with Gasteiger partial charge in [-0.15, -0.1) is 0 Å². The first kappa shape index (κ1) is 14.0. The maximum absolute atomic E-state index is 10.7. The Hall–Kier alpha value is -2.06. The first-order valence-corrected chi connectivity index (χ1v) is 5.08. The van der Waals surface area contributed by atoms with Gasteiger partial charge in [0.05, 0.1) is 17.4 Å². The minimum absolute atomic E-state index is 0.0565. The Bertz CT molecular complexity index is 477. The summed E-state index contributed by atoms with van der Waals surface area (Å²) >= 11 is 0. The van der Waals surface area contributed by atoms with Gasteiger partial charge in [-0.25, -0.2) is 0 Å². The minimum atomic E-state index is -1.45. The summed E-state index contributed by atoms with van der Waals surface area (Å²) in [6.07, 6.45) is -2.11. The number of aliphatic hydroxyl groups is 2. The number of amides is 1. The number of aliphatic hydroxyl groups excluding tert-OH is 2. The Balaban J connectivity index is 2.99. The van der Waals surface area contributed by atoms with E-state index >= 15 is 0 Å². The molecular weight excluding hydrogens is 242 g/mol. The van der Waals surface area contributed by atoms with Gasteiger partial charge in [0.25, 0.3) is 5.69 Å². The Morgan fingerprint density at radius 3 is 2.72 bits per heavy atom. The SMILES string of the molecule is Cc1ncc(C(O)C(O)CC(N)=O)cc1[N+](=O)[O-]. The number of hydrogen-bond acceptors (Lipinski definition) is 6. The van der Waals surface area contributed by atoms with Gasteiger partial charge in [0.2, 0.25) is 5.91 Å². The van der Waals surface area contributed by atoms with Crippen molar-refractivity contribution in [3.63, 3.8) is 0 Å². The van der Waals surface area contributed by atoms with Crippen LogP contribution in [0.25, 0.3) is 0 Å². The molecule has 2 atom stereocenters. The molecule has 0 aliphatic heterocycles. The lowest BCUT2D eigenvalue weighted by Crippen LogP contribution is -2.25. The van der Waals surface area contributed by atoms with E-state index in [0.29, 0.717) is 0 Å². The lowest BCUT2D eigenvalue weighted by molar-refractivity contribution is -0.385. The lowest BCUT2D eigenvalue weighted by atomic mass is 10.0. The molecule has 0 aliphatic carbocycles. The number of rotatable bonds is 5. The van der Waals surface area contributed by atoms with Crippen molar-refractivity contribution in [3.05, 3.63) is 33.6 Å². The Morgan fingerprint density at radius 2 is 2.22 bits per heavy atom. The standard InChI is InChI=1S/C10H13N3O5/c1-5-7(13(17)18)2-6(4-12-5)10(16)8(14)3-9(11)15/h2,4,8,10,14,16H,3H2,1H3,(H2,11,15). The highest BCUT2D eigenvalue weighted by Crippen LogP contribution is 2.24. The summed E-state index contributed by atoms with van der Waals surface area (Å²) < 4.78 is 0. The predicted octanol–water partition coefficient (Wildman–Crippen LogP) is -0.432. The van der Waals surface area contributed by atoms with Crippen LogP contribution in [0.1, 0.15) is 23.8 Å². The van der Waals surface area contributed by atoms with Crippen molar-refractivity contribution >= 4 is 11.6 Å². The fraction of sp³-hybridized carbons (Fsp3) is 0.400. The first-order chi connectivity index (χ1) is 8.32. The van der Waals surface area contributed by atoms with Crippen molar-refractivity contribution in [1.82, 2.24) is 4.98 Å². The van der Waals surface area contributed by atoms with E-state index in [0.717, 1.165) is 6.07 Å². The van der Waals surface area contributed by atoms with Gasteiger partial charge >= 0.3 is 0 Å². The molecule has 4 N–H and O–H groups in total. The van der Waals surface area contributed by atoms with Crippen LogP contribution in [0.5, 0.6) is 0 Å². The van der Waals surface area contributed by atoms with Crippen molar-refractivity contribution in [2.24, 2.45) is 5.73 Å². The summed E-state index contributed by atoms with van der Waals surface area (Å²) in [7, 11) is 0. The molecule has 0 radical (unpaired) electrons. The molecule has 0 saturated carbocycles. The molecule has 0 aliphatic rings. The second kappa shape index (κ2) is 5.52. The monoisotopic (exact) mass is 255 g/mol. The molecule has 1 heterocycles. The average Bonchev–Trinajstić information content (AvgIpc) is 2.27.